The van der Waals surface area contributed by atoms with Crippen molar-refractivity contribution in [3.63, 3.8) is 0 Å². The number of hydrogen-bond donors (Lipinski definition) is 2. The van der Waals surface area contributed by atoms with Gasteiger partial charge in [0.1, 0.15) is 0 Å². The number of quaternary nitrogens is 2. The molecule has 2 aliphatic rings. The first-order chi connectivity index (χ1) is 13.5. The van der Waals surface area contributed by atoms with Crippen LogP contribution in [0.25, 0.3) is 0 Å². The highest BCUT2D eigenvalue weighted by Crippen LogP contribution is 2.17. The van der Waals surface area contributed by atoms with Gasteiger partial charge in [-0.25, -0.2) is 16.8 Å². The van der Waals surface area contributed by atoms with Crippen molar-refractivity contribution in [3.8, 4) is 0 Å². The summed E-state index contributed by atoms with van der Waals surface area (Å²) in [5.74, 6) is 0. The van der Waals surface area contributed by atoms with Crippen LogP contribution >= 0.6 is 0 Å². The zero-order valence-electron chi connectivity index (χ0n) is 19.0. The summed E-state index contributed by atoms with van der Waals surface area (Å²) in [5, 5.41) is 0. The van der Waals surface area contributed by atoms with Gasteiger partial charge in [-0.2, -0.15) is 0 Å². The molecule has 0 unspecified atom stereocenters. The van der Waals surface area contributed by atoms with Gasteiger partial charge in [-0.1, -0.05) is 26.7 Å². The van der Waals surface area contributed by atoms with E-state index in [0.29, 0.717) is 0 Å². The molecule has 2 saturated heterocycles. The van der Waals surface area contributed by atoms with Gasteiger partial charge in [-0.05, 0) is 12.8 Å². The standard InChI is InChI=1S/2C9H20N.2H2O4S/c2*1-3-4-7-10(2)8-5-6-9-10;2*1-5(2,3)4/h2*3-9H2,1-2H3;2*(H2,1,2,3,4)/q2*+1;;/p-2. The summed E-state index contributed by atoms with van der Waals surface area (Å²) in [6, 6.07) is 0. The van der Waals surface area contributed by atoms with E-state index in [9.17, 15) is 0 Å². The topological polar surface area (TPSA) is 155 Å². The number of nitrogens with zero attached hydrogens (tertiary/aromatic N) is 2. The fraction of sp³-hybridized carbons (Fsp3) is 1.00. The minimum Gasteiger partial charge on any atom is -0.726 e. The number of hydrogen-bond acceptors (Lipinski definition) is 6. The van der Waals surface area contributed by atoms with Crippen molar-refractivity contribution in [3.05, 3.63) is 0 Å². The van der Waals surface area contributed by atoms with Crippen LogP contribution in [0.2, 0.25) is 0 Å². The second-order valence-corrected chi connectivity index (χ2v) is 10.3. The normalized spacial score (nSPS) is 19.5. The maximum absolute atomic E-state index is 8.63. The molecule has 0 saturated carbocycles. The van der Waals surface area contributed by atoms with Crippen molar-refractivity contribution in [1.82, 2.24) is 0 Å². The van der Waals surface area contributed by atoms with E-state index in [4.69, 9.17) is 35.0 Å². The quantitative estimate of drug-likeness (QED) is 0.334. The largest absolute Gasteiger partial charge is 0.726 e. The van der Waals surface area contributed by atoms with Gasteiger partial charge in [-0.3, -0.25) is 9.11 Å². The summed E-state index contributed by atoms with van der Waals surface area (Å²) in [7, 11) is -5.02. The second-order valence-electron chi connectivity index (χ2n) is 8.56. The Bertz CT molecular complexity index is 555. The SMILES string of the molecule is CCCC[N+]1(C)CCCC1.CCCC[N+]1(C)CCCC1.O=S(=O)([O-])O.O=S(=O)([O-])O. The fourth-order valence-electron chi connectivity index (χ4n) is 3.72. The van der Waals surface area contributed by atoms with Crippen LogP contribution in [0, 0.1) is 0 Å². The molecule has 0 aromatic heterocycles. The van der Waals surface area contributed by atoms with Crippen LogP contribution in [0.3, 0.4) is 0 Å². The Kier molecular flexibility index (Phi) is 16.4. The summed E-state index contributed by atoms with van der Waals surface area (Å²) in [6.07, 6.45) is 11.4. The Balaban J connectivity index is 0. The highest BCUT2D eigenvalue weighted by Gasteiger charge is 2.26. The average molecular weight is 479 g/mol. The Hall–Kier alpha value is -0.340. The van der Waals surface area contributed by atoms with Gasteiger partial charge in [0.15, 0.2) is 0 Å². The Morgan fingerprint density at radius 3 is 1.03 bits per heavy atom. The third-order valence-electron chi connectivity index (χ3n) is 5.39. The van der Waals surface area contributed by atoms with Gasteiger partial charge in [0.2, 0.25) is 20.8 Å². The van der Waals surface area contributed by atoms with Crippen molar-refractivity contribution in [2.75, 3.05) is 53.4 Å². The van der Waals surface area contributed by atoms with Crippen LogP contribution in [-0.2, 0) is 20.8 Å². The minimum atomic E-state index is -4.92. The van der Waals surface area contributed by atoms with Crippen molar-refractivity contribution < 1.29 is 44.0 Å². The summed E-state index contributed by atoms with van der Waals surface area (Å²) < 4.78 is 68.4. The molecule has 184 valence electrons. The molecule has 0 aromatic carbocycles. The molecule has 0 radical (unpaired) electrons. The van der Waals surface area contributed by atoms with E-state index >= 15 is 0 Å². The van der Waals surface area contributed by atoms with E-state index in [-0.39, 0.29) is 0 Å². The summed E-state index contributed by atoms with van der Waals surface area (Å²) >= 11 is 0. The van der Waals surface area contributed by atoms with E-state index in [0.717, 1.165) is 0 Å². The second kappa shape index (κ2) is 15.5. The van der Waals surface area contributed by atoms with E-state index in [1.54, 1.807) is 0 Å². The monoisotopic (exact) mass is 478 g/mol. The van der Waals surface area contributed by atoms with Crippen molar-refractivity contribution in [2.24, 2.45) is 0 Å². The molecule has 0 atom stereocenters. The molecule has 2 heterocycles. The summed E-state index contributed by atoms with van der Waals surface area (Å²) in [5.41, 5.74) is 0. The van der Waals surface area contributed by atoms with Gasteiger partial charge in [0.05, 0.1) is 53.4 Å². The van der Waals surface area contributed by atoms with E-state index in [2.05, 4.69) is 27.9 Å². The highest BCUT2D eigenvalue weighted by atomic mass is 32.3. The predicted molar refractivity (Wildman–Crippen MR) is 115 cm³/mol. The lowest BCUT2D eigenvalue weighted by Crippen LogP contribution is -2.41. The number of likely N-dealkylation sites (tertiary alicyclic amines) is 2. The summed E-state index contributed by atoms with van der Waals surface area (Å²) in [4.78, 5) is 0. The lowest BCUT2D eigenvalue weighted by Gasteiger charge is -2.28. The molecule has 0 bridgehead atoms. The van der Waals surface area contributed by atoms with Crippen LogP contribution in [0.5, 0.6) is 0 Å². The molecule has 0 spiro atoms. The maximum Gasteiger partial charge on any atom is 0.215 e. The molecule has 2 fully saturated rings. The summed E-state index contributed by atoms with van der Waals surface area (Å²) in [6.45, 7) is 13.1. The van der Waals surface area contributed by atoms with Crippen LogP contribution in [0.15, 0.2) is 0 Å². The molecule has 0 amide bonds. The van der Waals surface area contributed by atoms with Gasteiger partial charge < -0.3 is 18.1 Å². The van der Waals surface area contributed by atoms with Gasteiger partial charge in [0, 0.05) is 25.7 Å². The highest BCUT2D eigenvalue weighted by molar-refractivity contribution is 7.80. The molecular weight excluding hydrogens is 436 g/mol. The third kappa shape index (κ3) is 25.7. The first-order valence-electron chi connectivity index (χ1n) is 10.6. The van der Waals surface area contributed by atoms with Crippen molar-refractivity contribution >= 4 is 20.8 Å². The van der Waals surface area contributed by atoms with Crippen molar-refractivity contribution in [1.29, 1.82) is 0 Å². The molecule has 12 heteroatoms. The maximum atomic E-state index is 8.63. The predicted octanol–water partition coefficient (Wildman–Crippen LogP) is 2.06. The minimum absolute atomic E-state index is 1.36. The molecule has 0 aromatic rings. The van der Waals surface area contributed by atoms with E-state index in [1.165, 1.54) is 99.6 Å². The number of unbranched alkanes of at least 4 members (excludes halogenated alkanes) is 2. The zero-order chi connectivity index (χ0) is 23.9. The Labute approximate surface area is 183 Å². The van der Waals surface area contributed by atoms with Gasteiger partial charge in [0.25, 0.3) is 0 Å². The van der Waals surface area contributed by atoms with E-state index < -0.39 is 20.8 Å². The van der Waals surface area contributed by atoms with E-state index in [1.807, 2.05) is 0 Å². The van der Waals surface area contributed by atoms with Gasteiger partial charge in [-0.15, -0.1) is 0 Å². The number of rotatable bonds is 6. The smallest absolute Gasteiger partial charge is 0.215 e. The molecule has 0 aliphatic carbocycles. The van der Waals surface area contributed by atoms with Crippen LogP contribution < -0.4 is 0 Å². The van der Waals surface area contributed by atoms with Crippen LogP contribution in [0.4, 0.5) is 0 Å². The van der Waals surface area contributed by atoms with Gasteiger partial charge >= 0.3 is 0 Å². The molecule has 10 nitrogen and oxygen atoms in total. The third-order valence-corrected chi connectivity index (χ3v) is 5.39. The van der Waals surface area contributed by atoms with Crippen LogP contribution in [-0.4, -0.2) is 97.4 Å². The molecule has 2 aliphatic heterocycles. The first kappa shape index (κ1) is 31.8. The fourth-order valence-corrected chi connectivity index (χ4v) is 3.72. The Morgan fingerprint density at radius 1 is 0.667 bits per heavy atom. The first-order valence-corrected chi connectivity index (χ1v) is 13.3. The lowest BCUT2D eigenvalue weighted by molar-refractivity contribution is -0.897. The molecular formula is C18H42N2O8S2. The zero-order valence-corrected chi connectivity index (χ0v) is 20.6. The lowest BCUT2D eigenvalue weighted by atomic mass is 10.3. The molecule has 2 rings (SSSR count). The molecule has 30 heavy (non-hydrogen) atoms. The van der Waals surface area contributed by atoms with Crippen molar-refractivity contribution in [2.45, 2.75) is 65.2 Å². The molecule has 2 N–H and O–H groups in total. The Morgan fingerprint density at radius 2 is 0.867 bits per heavy atom. The average Bonchev–Trinajstić information content (AvgIpc) is 3.18. The van der Waals surface area contributed by atoms with Crippen LogP contribution in [0.1, 0.15) is 65.2 Å².